The van der Waals surface area contributed by atoms with Crippen molar-refractivity contribution in [3.63, 3.8) is 0 Å². The molecule has 1 atom stereocenters. The second-order valence-electron chi connectivity index (χ2n) is 5.37. The molecule has 0 aliphatic carbocycles. The van der Waals surface area contributed by atoms with Crippen molar-refractivity contribution < 1.29 is 23.1 Å². The fourth-order valence-electron chi connectivity index (χ4n) is 2.10. The first kappa shape index (κ1) is 18.5. The van der Waals surface area contributed by atoms with Crippen LogP contribution in [0.15, 0.2) is 42.5 Å². The first-order valence-corrected chi connectivity index (χ1v) is 7.58. The zero-order valence-corrected chi connectivity index (χ0v) is 13.8. The smallest absolute Gasteiger partial charge is 0.337 e. The van der Waals surface area contributed by atoms with Gasteiger partial charge in [-0.2, -0.15) is 0 Å². The average Bonchev–Trinajstić information content (AvgIpc) is 2.61. The summed E-state index contributed by atoms with van der Waals surface area (Å²) in [7, 11) is 1.21. The highest BCUT2D eigenvalue weighted by atomic mass is 19.1. The average molecular weight is 348 g/mol. The Labute approximate surface area is 144 Å². The highest BCUT2D eigenvalue weighted by molar-refractivity contribution is 5.96. The molecule has 0 fully saturated rings. The first-order chi connectivity index (χ1) is 11.9. The van der Waals surface area contributed by atoms with Crippen LogP contribution in [0.25, 0.3) is 0 Å². The Morgan fingerprint density at radius 2 is 1.84 bits per heavy atom. The molecule has 2 aromatic rings. The maximum absolute atomic E-state index is 13.8. The standard InChI is InChI=1S/C18H18F2N2O3/c1-11(21-10-13-5-3-4-6-14(13)19)17(23)22-16-9-12(18(24)25-2)7-8-15(16)20/h3-9,11,21H,10H2,1-2H3,(H,22,23). The quantitative estimate of drug-likeness (QED) is 0.788. The molecular weight excluding hydrogens is 330 g/mol. The fourth-order valence-corrected chi connectivity index (χ4v) is 2.10. The molecule has 1 unspecified atom stereocenters. The van der Waals surface area contributed by atoms with E-state index in [0.29, 0.717) is 5.56 Å². The van der Waals surface area contributed by atoms with E-state index < -0.39 is 23.7 Å². The second kappa shape index (κ2) is 8.34. The van der Waals surface area contributed by atoms with Crippen LogP contribution in [0.2, 0.25) is 0 Å². The van der Waals surface area contributed by atoms with Crippen molar-refractivity contribution >= 4 is 17.6 Å². The largest absolute Gasteiger partial charge is 0.465 e. The van der Waals surface area contributed by atoms with Gasteiger partial charge < -0.3 is 15.4 Å². The van der Waals surface area contributed by atoms with Crippen molar-refractivity contribution in [1.82, 2.24) is 5.32 Å². The molecule has 0 saturated carbocycles. The first-order valence-electron chi connectivity index (χ1n) is 7.58. The summed E-state index contributed by atoms with van der Waals surface area (Å²) >= 11 is 0. The molecule has 2 N–H and O–H groups in total. The summed E-state index contributed by atoms with van der Waals surface area (Å²) < 4.78 is 31.9. The molecule has 1 amide bonds. The molecule has 2 rings (SSSR count). The molecular formula is C18H18F2N2O3. The highest BCUT2D eigenvalue weighted by Gasteiger charge is 2.16. The normalized spacial score (nSPS) is 11.7. The summed E-state index contributed by atoms with van der Waals surface area (Å²) in [5.74, 6) is -2.21. The van der Waals surface area contributed by atoms with Crippen LogP contribution in [-0.2, 0) is 16.1 Å². The van der Waals surface area contributed by atoms with Gasteiger partial charge in [-0.25, -0.2) is 13.6 Å². The van der Waals surface area contributed by atoms with Crippen molar-refractivity contribution in [3.05, 3.63) is 65.2 Å². The number of carbonyl (C=O) groups excluding carboxylic acids is 2. The molecule has 0 spiro atoms. The molecule has 5 nitrogen and oxygen atoms in total. The van der Waals surface area contributed by atoms with Crippen molar-refractivity contribution in [1.29, 1.82) is 0 Å². The summed E-state index contributed by atoms with van der Waals surface area (Å²) in [5, 5.41) is 5.26. The number of halogens is 2. The third-order valence-corrected chi connectivity index (χ3v) is 3.60. The van der Waals surface area contributed by atoms with E-state index in [9.17, 15) is 18.4 Å². The van der Waals surface area contributed by atoms with Crippen LogP contribution in [0.4, 0.5) is 14.5 Å². The SMILES string of the molecule is COC(=O)c1ccc(F)c(NC(=O)C(C)NCc2ccccc2F)c1. The van der Waals surface area contributed by atoms with Crippen LogP contribution in [0.1, 0.15) is 22.8 Å². The molecule has 0 aliphatic heterocycles. The van der Waals surface area contributed by atoms with Crippen molar-refractivity contribution in [2.24, 2.45) is 0 Å². The van der Waals surface area contributed by atoms with E-state index in [0.717, 1.165) is 6.07 Å². The highest BCUT2D eigenvalue weighted by Crippen LogP contribution is 2.17. The lowest BCUT2D eigenvalue weighted by Gasteiger charge is -2.15. The van der Waals surface area contributed by atoms with Crippen LogP contribution in [0.5, 0.6) is 0 Å². The van der Waals surface area contributed by atoms with Crippen LogP contribution in [0.3, 0.4) is 0 Å². The number of hydrogen-bond acceptors (Lipinski definition) is 4. The summed E-state index contributed by atoms with van der Waals surface area (Å²) in [6, 6.07) is 9.02. The number of methoxy groups -OCH3 is 1. The van der Waals surface area contributed by atoms with Crippen molar-refractivity contribution in [3.8, 4) is 0 Å². The minimum absolute atomic E-state index is 0.117. The third-order valence-electron chi connectivity index (χ3n) is 3.60. The summed E-state index contributed by atoms with van der Waals surface area (Å²) in [6.45, 7) is 1.71. The Bertz CT molecular complexity index is 781. The molecule has 0 aromatic heterocycles. The summed E-state index contributed by atoms with van der Waals surface area (Å²) in [6.07, 6.45) is 0. The molecule has 25 heavy (non-hydrogen) atoms. The van der Waals surface area contributed by atoms with Crippen LogP contribution in [-0.4, -0.2) is 25.0 Å². The van der Waals surface area contributed by atoms with E-state index in [1.165, 1.54) is 25.3 Å². The van der Waals surface area contributed by atoms with E-state index in [-0.39, 0.29) is 23.6 Å². The lowest BCUT2D eigenvalue weighted by Crippen LogP contribution is -2.38. The Kier molecular flexibility index (Phi) is 6.19. The van der Waals surface area contributed by atoms with Gasteiger partial charge in [0.25, 0.3) is 0 Å². The van der Waals surface area contributed by atoms with E-state index in [4.69, 9.17) is 0 Å². The van der Waals surface area contributed by atoms with Gasteiger partial charge in [0.05, 0.1) is 24.4 Å². The van der Waals surface area contributed by atoms with E-state index in [1.807, 2.05) is 0 Å². The number of esters is 1. The van der Waals surface area contributed by atoms with Crippen molar-refractivity contribution in [2.45, 2.75) is 19.5 Å². The maximum Gasteiger partial charge on any atom is 0.337 e. The van der Waals surface area contributed by atoms with Crippen LogP contribution in [0, 0.1) is 11.6 Å². The van der Waals surface area contributed by atoms with Gasteiger partial charge in [-0.15, -0.1) is 0 Å². The summed E-state index contributed by atoms with van der Waals surface area (Å²) in [4.78, 5) is 23.7. The van der Waals surface area contributed by atoms with Gasteiger partial charge >= 0.3 is 5.97 Å². The summed E-state index contributed by atoms with van der Waals surface area (Å²) in [5.41, 5.74) is 0.402. The van der Waals surface area contributed by atoms with Gasteiger partial charge in [0.15, 0.2) is 0 Å². The zero-order valence-electron chi connectivity index (χ0n) is 13.8. The topological polar surface area (TPSA) is 67.4 Å². The molecule has 2 aromatic carbocycles. The van der Waals surface area contributed by atoms with Gasteiger partial charge in [0, 0.05) is 12.1 Å². The number of amides is 1. The third kappa shape index (κ3) is 4.84. The molecule has 7 heteroatoms. The van der Waals surface area contributed by atoms with E-state index in [2.05, 4.69) is 15.4 Å². The Morgan fingerprint density at radius 3 is 2.52 bits per heavy atom. The minimum Gasteiger partial charge on any atom is -0.465 e. The number of rotatable bonds is 6. The molecule has 0 saturated heterocycles. The number of nitrogens with one attached hydrogen (secondary N) is 2. The number of hydrogen-bond donors (Lipinski definition) is 2. The Morgan fingerprint density at radius 1 is 1.12 bits per heavy atom. The minimum atomic E-state index is -0.708. The van der Waals surface area contributed by atoms with E-state index >= 15 is 0 Å². The monoisotopic (exact) mass is 348 g/mol. The van der Waals surface area contributed by atoms with Gasteiger partial charge in [0.1, 0.15) is 11.6 Å². The number of ether oxygens (including phenoxy) is 1. The number of anilines is 1. The number of carbonyl (C=O) groups is 2. The lowest BCUT2D eigenvalue weighted by molar-refractivity contribution is -0.117. The number of benzene rings is 2. The fraction of sp³-hybridized carbons (Fsp3) is 0.222. The van der Waals surface area contributed by atoms with Gasteiger partial charge in [0.2, 0.25) is 5.91 Å². The van der Waals surface area contributed by atoms with Gasteiger partial charge in [-0.1, -0.05) is 18.2 Å². The lowest BCUT2D eigenvalue weighted by atomic mass is 10.1. The van der Waals surface area contributed by atoms with Crippen LogP contribution < -0.4 is 10.6 Å². The zero-order chi connectivity index (χ0) is 18.4. The van der Waals surface area contributed by atoms with Gasteiger partial charge in [-0.3, -0.25) is 4.79 Å². The van der Waals surface area contributed by atoms with Gasteiger partial charge in [-0.05, 0) is 31.2 Å². The molecule has 132 valence electrons. The molecule has 0 heterocycles. The molecule has 0 radical (unpaired) electrons. The predicted molar refractivity (Wildman–Crippen MR) is 89.1 cm³/mol. The maximum atomic E-state index is 13.8. The molecule has 0 bridgehead atoms. The Hall–Kier alpha value is -2.80. The van der Waals surface area contributed by atoms with Crippen molar-refractivity contribution in [2.75, 3.05) is 12.4 Å². The second-order valence-corrected chi connectivity index (χ2v) is 5.37. The predicted octanol–water partition coefficient (Wildman–Crippen LogP) is 2.87. The molecule has 0 aliphatic rings. The van der Waals surface area contributed by atoms with E-state index in [1.54, 1.807) is 25.1 Å². The Balaban J connectivity index is 2.01. The van der Waals surface area contributed by atoms with Crippen LogP contribution >= 0.6 is 0 Å².